The van der Waals surface area contributed by atoms with E-state index >= 15 is 0 Å². The van der Waals surface area contributed by atoms with Gasteiger partial charge in [-0.25, -0.2) is 16.8 Å². The third-order valence-electron chi connectivity index (χ3n) is 2.70. The molecule has 2 rings (SSSR count). The summed E-state index contributed by atoms with van der Waals surface area (Å²) < 4.78 is 67.5. The molecule has 0 spiro atoms. The minimum absolute atomic E-state index is 0. The molecule has 0 fully saturated rings. The first kappa shape index (κ1) is 21.5. The molecule has 0 bridgehead atoms. The van der Waals surface area contributed by atoms with Crippen LogP contribution in [-0.4, -0.2) is 31.2 Å². The predicted octanol–water partition coefficient (Wildman–Crippen LogP) is -7.39. The molecule has 1 atom stereocenters. The molecular formula is C11H8Na2O6S2. The van der Waals surface area contributed by atoms with Gasteiger partial charge in [-0.05, 0) is 16.0 Å². The van der Waals surface area contributed by atoms with Crippen molar-refractivity contribution in [3.05, 3.63) is 46.9 Å². The number of hydrogen-bond donors (Lipinski definition) is 0. The van der Waals surface area contributed by atoms with Crippen molar-refractivity contribution in [2.75, 3.05) is 0 Å². The molecule has 1 aromatic rings. The van der Waals surface area contributed by atoms with E-state index in [0.717, 1.165) is 0 Å². The largest absolute Gasteiger partial charge is 1.00 e. The maximum absolute atomic E-state index is 11.3. The van der Waals surface area contributed by atoms with Crippen molar-refractivity contribution in [1.29, 1.82) is 0 Å². The molecule has 0 aromatic heterocycles. The molecule has 0 saturated carbocycles. The zero-order chi connectivity index (χ0) is 14.4. The summed E-state index contributed by atoms with van der Waals surface area (Å²) in [5, 5.41) is -1.80. The maximum Gasteiger partial charge on any atom is 1.00 e. The summed E-state index contributed by atoms with van der Waals surface area (Å²) in [5.41, 5.74) is -0.233. The summed E-state index contributed by atoms with van der Waals surface area (Å²) in [4.78, 5) is -0.953. The van der Waals surface area contributed by atoms with E-state index in [9.17, 15) is 25.9 Å². The molecule has 6 nitrogen and oxygen atoms in total. The topological polar surface area (TPSA) is 114 Å². The fourth-order valence-corrected chi connectivity index (χ4v) is 4.42. The van der Waals surface area contributed by atoms with Crippen molar-refractivity contribution in [3.63, 3.8) is 0 Å². The SMILES string of the molecule is C=C1C=c2ccccc2=C(S(=O)(=O)[O-])C1S(=O)(=O)[O-].[Na+].[Na+]. The van der Waals surface area contributed by atoms with Crippen LogP contribution in [0.15, 0.2) is 36.4 Å². The van der Waals surface area contributed by atoms with Gasteiger partial charge < -0.3 is 9.11 Å². The van der Waals surface area contributed by atoms with Gasteiger partial charge in [0.05, 0.1) is 4.91 Å². The van der Waals surface area contributed by atoms with Gasteiger partial charge in [-0.15, -0.1) is 0 Å². The molecule has 1 aliphatic carbocycles. The number of rotatable bonds is 2. The second-order valence-electron chi connectivity index (χ2n) is 4.00. The minimum Gasteiger partial charge on any atom is -0.747 e. The predicted molar refractivity (Wildman–Crippen MR) is 65.9 cm³/mol. The Kier molecular flexibility index (Phi) is 7.58. The zero-order valence-corrected chi connectivity index (χ0v) is 17.1. The molecule has 0 heterocycles. The molecule has 1 unspecified atom stereocenters. The molecule has 0 amide bonds. The third-order valence-corrected chi connectivity index (χ3v) is 4.96. The van der Waals surface area contributed by atoms with Gasteiger partial charge in [0.2, 0.25) is 0 Å². The van der Waals surface area contributed by atoms with Crippen LogP contribution in [0, 0.1) is 0 Å². The average Bonchev–Trinajstić information content (AvgIpc) is 2.24. The molecule has 1 aromatic carbocycles. The van der Waals surface area contributed by atoms with Crippen LogP contribution in [0.2, 0.25) is 0 Å². The van der Waals surface area contributed by atoms with E-state index in [1.807, 2.05) is 0 Å². The smallest absolute Gasteiger partial charge is 0.747 e. The van der Waals surface area contributed by atoms with Crippen LogP contribution >= 0.6 is 0 Å². The average molecular weight is 346 g/mol. The summed E-state index contributed by atoms with van der Waals surface area (Å²) in [6.07, 6.45) is 1.28. The fraction of sp³-hybridized carbons (Fsp3) is 0.0909. The summed E-state index contributed by atoms with van der Waals surface area (Å²) >= 11 is 0. The van der Waals surface area contributed by atoms with Gasteiger partial charge in [-0.1, -0.05) is 36.9 Å². The molecule has 21 heavy (non-hydrogen) atoms. The molecule has 1 aliphatic rings. The number of hydrogen-bond acceptors (Lipinski definition) is 6. The van der Waals surface area contributed by atoms with Crippen LogP contribution in [0.25, 0.3) is 11.0 Å². The summed E-state index contributed by atoms with van der Waals surface area (Å²) in [6, 6.07) is 5.81. The van der Waals surface area contributed by atoms with Crippen LogP contribution in [-0.2, 0) is 20.2 Å². The first-order chi connectivity index (χ1) is 8.62. The van der Waals surface area contributed by atoms with Crippen LogP contribution in [0.5, 0.6) is 0 Å². The zero-order valence-electron chi connectivity index (χ0n) is 11.4. The van der Waals surface area contributed by atoms with Crippen molar-refractivity contribution in [3.8, 4) is 0 Å². The van der Waals surface area contributed by atoms with E-state index in [1.54, 1.807) is 6.07 Å². The first-order valence-corrected chi connectivity index (χ1v) is 7.91. The van der Waals surface area contributed by atoms with Gasteiger partial charge in [0.1, 0.15) is 25.5 Å². The maximum atomic E-state index is 11.3. The van der Waals surface area contributed by atoms with E-state index in [4.69, 9.17) is 0 Å². The van der Waals surface area contributed by atoms with Crippen molar-refractivity contribution >= 4 is 31.2 Å². The first-order valence-electron chi connectivity index (χ1n) is 5.03. The van der Waals surface area contributed by atoms with E-state index < -0.39 is 30.4 Å². The Morgan fingerprint density at radius 1 is 1.00 bits per heavy atom. The summed E-state index contributed by atoms with van der Waals surface area (Å²) in [7, 11) is -10.1. The summed E-state index contributed by atoms with van der Waals surface area (Å²) in [6.45, 7) is 3.37. The van der Waals surface area contributed by atoms with Gasteiger partial charge in [0.25, 0.3) is 0 Å². The monoisotopic (exact) mass is 346 g/mol. The second-order valence-corrected chi connectivity index (χ2v) is 6.80. The van der Waals surface area contributed by atoms with E-state index in [1.165, 1.54) is 24.3 Å². The molecule has 0 aliphatic heterocycles. The Labute approximate surface area is 166 Å². The van der Waals surface area contributed by atoms with E-state index in [2.05, 4.69) is 6.58 Å². The van der Waals surface area contributed by atoms with Crippen molar-refractivity contribution < 1.29 is 85.1 Å². The second kappa shape index (κ2) is 7.39. The van der Waals surface area contributed by atoms with Crippen LogP contribution in [0.3, 0.4) is 0 Å². The quantitative estimate of drug-likeness (QED) is 0.388. The minimum atomic E-state index is -5.10. The molecule has 10 heteroatoms. The van der Waals surface area contributed by atoms with E-state index in [-0.39, 0.29) is 69.9 Å². The molecule has 102 valence electrons. The Hall–Kier alpha value is 0.520. The fourth-order valence-electron chi connectivity index (χ4n) is 2.01. The van der Waals surface area contributed by atoms with Crippen molar-refractivity contribution in [2.45, 2.75) is 5.25 Å². The number of benzene rings is 1. The molecule has 0 radical (unpaired) electrons. The molecular weight excluding hydrogens is 338 g/mol. The standard InChI is InChI=1S/C11H10O6S2.2Na/c1-7-6-8-4-2-3-5-9(8)11(19(15,16)17)10(7)18(12,13)14;;/h2-6,10H,1H2,(H,12,13,14)(H,15,16,17);;/q;2*+1/p-2. The van der Waals surface area contributed by atoms with E-state index in [0.29, 0.717) is 5.22 Å². The van der Waals surface area contributed by atoms with Gasteiger partial charge in [-0.3, -0.25) is 0 Å². The Morgan fingerprint density at radius 3 is 2.00 bits per heavy atom. The Balaban J connectivity index is 0.00000200. The summed E-state index contributed by atoms with van der Waals surface area (Å²) in [5.74, 6) is 0. The normalized spacial score (nSPS) is 17.9. The van der Waals surface area contributed by atoms with Gasteiger partial charge in [0, 0.05) is 0 Å². The molecule has 0 N–H and O–H groups in total. The Morgan fingerprint density at radius 2 is 1.52 bits per heavy atom. The van der Waals surface area contributed by atoms with Crippen LogP contribution in [0.1, 0.15) is 0 Å². The Bertz CT molecular complexity index is 887. The molecule has 0 saturated heterocycles. The number of fused-ring (bicyclic) bond motifs is 1. The van der Waals surface area contributed by atoms with Gasteiger partial charge in [-0.2, -0.15) is 0 Å². The van der Waals surface area contributed by atoms with Crippen LogP contribution in [0.4, 0.5) is 0 Å². The third kappa shape index (κ3) is 4.51. The van der Waals surface area contributed by atoms with Crippen molar-refractivity contribution in [1.82, 2.24) is 0 Å². The van der Waals surface area contributed by atoms with Gasteiger partial charge >= 0.3 is 59.1 Å². The van der Waals surface area contributed by atoms with Crippen molar-refractivity contribution in [2.24, 2.45) is 0 Å². The van der Waals surface area contributed by atoms with Gasteiger partial charge in [0.15, 0.2) is 0 Å². The van der Waals surface area contributed by atoms with Crippen LogP contribution < -0.4 is 69.6 Å².